The molecule has 0 radical (unpaired) electrons. The normalized spacial score (nSPS) is 10.5. The van der Waals surface area contributed by atoms with E-state index in [9.17, 15) is 4.79 Å². The number of hydrogen-bond acceptors (Lipinski definition) is 3. The minimum absolute atomic E-state index is 0.0167. The van der Waals surface area contributed by atoms with Crippen LogP contribution >= 0.6 is 0 Å². The molecule has 0 rings (SSSR count). The highest BCUT2D eigenvalue weighted by Crippen LogP contribution is 2.08. The Morgan fingerprint density at radius 2 is 1.79 bits per heavy atom. The SMILES string of the molecule is CC.CC.CCOCC(CO)CCCCNC(C)=O. The van der Waals surface area contributed by atoms with Gasteiger partial charge in [-0.15, -0.1) is 0 Å². The molecule has 1 atom stereocenters. The summed E-state index contributed by atoms with van der Waals surface area (Å²) >= 11 is 0. The molecule has 1 unspecified atom stereocenters. The number of aliphatic hydroxyl groups is 1. The molecular formula is C15H35NO3. The van der Waals surface area contributed by atoms with Crippen LogP contribution in [0.25, 0.3) is 0 Å². The number of nitrogens with one attached hydrogen (secondary N) is 1. The van der Waals surface area contributed by atoms with Crippen molar-refractivity contribution in [3.63, 3.8) is 0 Å². The Morgan fingerprint density at radius 3 is 2.21 bits per heavy atom. The monoisotopic (exact) mass is 277 g/mol. The average Bonchev–Trinajstić information content (AvgIpc) is 2.46. The van der Waals surface area contributed by atoms with Crippen LogP contribution in [0, 0.1) is 5.92 Å². The van der Waals surface area contributed by atoms with Gasteiger partial charge in [0.2, 0.25) is 5.91 Å². The van der Waals surface area contributed by atoms with Gasteiger partial charge in [-0.25, -0.2) is 0 Å². The standard InChI is InChI=1S/C11H23NO3.2C2H6/c1-3-15-9-11(8-13)6-4-5-7-12-10(2)14;2*1-2/h11,13H,3-9H2,1-2H3,(H,12,14);2*1-2H3. The molecule has 19 heavy (non-hydrogen) atoms. The van der Waals surface area contributed by atoms with Gasteiger partial charge in [0.1, 0.15) is 0 Å². The number of rotatable bonds is 9. The van der Waals surface area contributed by atoms with Crippen LogP contribution in [0.3, 0.4) is 0 Å². The highest BCUT2D eigenvalue weighted by atomic mass is 16.5. The summed E-state index contributed by atoms with van der Waals surface area (Å²) in [6.45, 7) is 13.7. The molecule has 2 N–H and O–H groups in total. The van der Waals surface area contributed by atoms with Gasteiger partial charge in [0, 0.05) is 32.6 Å². The second kappa shape index (κ2) is 22.6. The lowest BCUT2D eigenvalue weighted by molar-refractivity contribution is -0.118. The fourth-order valence-electron chi connectivity index (χ4n) is 1.33. The molecule has 0 fully saturated rings. The largest absolute Gasteiger partial charge is 0.396 e. The van der Waals surface area contributed by atoms with Crippen LogP contribution in [0.1, 0.15) is 60.8 Å². The number of aliphatic hydroxyl groups excluding tert-OH is 1. The van der Waals surface area contributed by atoms with Gasteiger partial charge >= 0.3 is 0 Å². The Morgan fingerprint density at radius 1 is 1.21 bits per heavy atom. The molecule has 0 spiro atoms. The summed E-state index contributed by atoms with van der Waals surface area (Å²) < 4.78 is 5.25. The van der Waals surface area contributed by atoms with E-state index in [1.165, 1.54) is 6.92 Å². The smallest absolute Gasteiger partial charge is 0.216 e. The summed E-state index contributed by atoms with van der Waals surface area (Å²) in [5, 5.41) is 11.8. The Hall–Kier alpha value is -0.610. The summed E-state index contributed by atoms with van der Waals surface area (Å²) in [7, 11) is 0. The molecule has 0 bridgehead atoms. The van der Waals surface area contributed by atoms with Crippen molar-refractivity contribution >= 4 is 5.91 Å². The van der Waals surface area contributed by atoms with E-state index < -0.39 is 0 Å². The molecule has 4 nitrogen and oxygen atoms in total. The molecule has 1 amide bonds. The zero-order valence-corrected chi connectivity index (χ0v) is 13.8. The Labute approximate surface area is 119 Å². The van der Waals surface area contributed by atoms with Crippen LogP contribution < -0.4 is 5.32 Å². The molecule has 4 heteroatoms. The molecule has 0 heterocycles. The van der Waals surface area contributed by atoms with E-state index in [0.29, 0.717) is 13.2 Å². The third kappa shape index (κ3) is 23.0. The first kappa shape index (κ1) is 23.5. The zero-order chi connectivity index (χ0) is 15.5. The molecule has 0 aliphatic rings. The van der Waals surface area contributed by atoms with E-state index in [1.54, 1.807) is 0 Å². The van der Waals surface area contributed by atoms with E-state index in [1.807, 2.05) is 34.6 Å². The number of carbonyl (C=O) groups is 1. The van der Waals surface area contributed by atoms with Crippen molar-refractivity contribution < 1.29 is 14.6 Å². The quantitative estimate of drug-likeness (QED) is 0.637. The van der Waals surface area contributed by atoms with Gasteiger partial charge in [-0.3, -0.25) is 4.79 Å². The van der Waals surface area contributed by atoms with Gasteiger partial charge in [-0.2, -0.15) is 0 Å². The third-order valence-corrected chi connectivity index (χ3v) is 2.23. The molecule has 118 valence electrons. The van der Waals surface area contributed by atoms with Crippen molar-refractivity contribution in [1.29, 1.82) is 0 Å². The number of ether oxygens (including phenoxy) is 1. The molecule has 0 aromatic heterocycles. The van der Waals surface area contributed by atoms with Crippen LogP contribution in [0.4, 0.5) is 0 Å². The predicted octanol–water partition coefficient (Wildman–Crippen LogP) is 2.99. The first-order valence-corrected chi connectivity index (χ1v) is 7.63. The topological polar surface area (TPSA) is 58.6 Å². The van der Waals surface area contributed by atoms with Crippen molar-refractivity contribution in [1.82, 2.24) is 5.32 Å². The summed E-state index contributed by atoms with van der Waals surface area (Å²) in [6, 6.07) is 0. The summed E-state index contributed by atoms with van der Waals surface area (Å²) in [5.41, 5.74) is 0. The minimum Gasteiger partial charge on any atom is -0.396 e. The van der Waals surface area contributed by atoms with Crippen LogP contribution in [0.15, 0.2) is 0 Å². The Kier molecular flexibility index (Phi) is 27.9. The number of amides is 1. The highest BCUT2D eigenvalue weighted by Gasteiger charge is 2.06. The van der Waals surface area contributed by atoms with E-state index in [4.69, 9.17) is 9.84 Å². The zero-order valence-electron chi connectivity index (χ0n) is 13.8. The van der Waals surface area contributed by atoms with Crippen LogP contribution in [0.5, 0.6) is 0 Å². The van der Waals surface area contributed by atoms with Crippen LogP contribution in [0.2, 0.25) is 0 Å². The molecule has 0 aromatic carbocycles. The van der Waals surface area contributed by atoms with E-state index in [-0.39, 0.29) is 18.4 Å². The fourth-order valence-corrected chi connectivity index (χ4v) is 1.33. The van der Waals surface area contributed by atoms with E-state index in [0.717, 1.165) is 25.8 Å². The van der Waals surface area contributed by atoms with E-state index in [2.05, 4.69) is 5.32 Å². The molecular weight excluding hydrogens is 242 g/mol. The van der Waals surface area contributed by atoms with Gasteiger partial charge in [0.15, 0.2) is 0 Å². The van der Waals surface area contributed by atoms with Crippen molar-refractivity contribution in [3.8, 4) is 0 Å². The average molecular weight is 277 g/mol. The van der Waals surface area contributed by atoms with E-state index >= 15 is 0 Å². The van der Waals surface area contributed by atoms with Gasteiger partial charge in [-0.05, 0) is 19.8 Å². The third-order valence-electron chi connectivity index (χ3n) is 2.23. The van der Waals surface area contributed by atoms with Gasteiger partial charge < -0.3 is 15.2 Å². The fraction of sp³-hybridized carbons (Fsp3) is 0.933. The lowest BCUT2D eigenvalue weighted by Gasteiger charge is -2.13. The summed E-state index contributed by atoms with van der Waals surface area (Å²) in [6.07, 6.45) is 2.93. The van der Waals surface area contributed by atoms with Crippen LogP contribution in [-0.2, 0) is 9.53 Å². The summed E-state index contributed by atoms with van der Waals surface area (Å²) in [4.78, 5) is 10.6. The molecule has 0 aliphatic heterocycles. The summed E-state index contributed by atoms with van der Waals surface area (Å²) in [5.74, 6) is 0.255. The number of carbonyl (C=O) groups excluding carboxylic acids is 1. The van der Waals surface area contributed by atoms with Crippen molar-refractivity contribution in [2.24, 2.45) is 5.92 Å². The van der Waals surface area contributed by atoms with Crippen LogP contribution in [-0.4, -0.2) is 37.4 Å². The highest BCUT2D eigenvalue weighted by molar-refractivity contribution is 5.72. The molecule has 0 saturated heterocycles. The van der Waals surface area contributed by atoms with Crippen molar-refractivity contribution in [3.05, 3.63) is 0 Å². The number of unbranched alkanes of at least 4 members (excludes halogenated alkanes) is 1. The van der Waals surface area contributed by atoms with Gasteiger partial charge in [-0.1, -0.05) is 34.1 Å². The van der Waals surface area contributed by atoms with Crippen molar-refractivity contribution in [2.75, 3.05) is 26.4 Å². The van der Waals surface area contributed by atoms with Crippen molar-refractivity contribution in [2.45, 2.75) is 60.8 Å². The minimum atomic E-state index is 0.0167. The lowest BCUT2D eigenvalue weighted by Crippen LogP contribution is -2.21. The number of hydrogen-bond donors (Lipinski definition) is 2. The lowest BCUT2D eigenvalue weighted by atomic mass is 10.0. The first-order chi connectivity index (χ1) is 9.20. The Balaban J connectivity index is -0.000000579. The maximum atomic E-state index is 10.6. The maximum absolute atomic E-state index is 10.6. The Bertz CT molecular complexity index is 163. The molecule has 0 aliphatic carbocycles. The second-order valence-electron chi connectivity index (χ2n) is 3.69. The maximum Gasteiger partial charge on any atom is 0.216 e. The predicted molar refractivity (Wildman–Crippen MR) is 82.3 cm³/mol. The first-order valence-electron chi connectivity index (χ1n) is 7.63. The molecule has 0 aromatic rings. The van der Waals surface area contributed by atoms with Gasteiger partial charge in [0.05, 0.1) is 6.61 Å². The molecule has 0 saturated carbocycles. The van der Waals surface area contributed by atoms with Gasteiger partial charge in [0.25, 0.3) is 0 Å². The second-order valence-corrected chi connectivity index (χ2v) is 3.69.